The number of carbonyl (C=O) groups excluding carboxylic acids is 1. The van der Waals surface area contributed by atoms with Gasteiger partial charge in [-0.3, -0.25) is 9.59 Å². The summed E-state index contributed by atoms with van der Waals surface area (Å²) in [5, 5.41) is 2.73. The van der Waals surface area contributed by atoms with E-state index in [1.54, 1.807) is 12.1 Å². The number of nitrogens with zero attached hydrogens (tertiary/aromatic N) is 1. The summed E-state index contributed by atoms with van der Waals surface area (Å²) in [7, 11) is 0. The molecular weight excluding hydrogens is 192 g/mol. The quantitative estimate of drug-likeness (QED) is 0.736. The predicted octanol–water partition coefficient (Wildman–Crippen LogP) is 0.715. The molecule has 0 aromatic carbocycles. The molecule has 0 spiro atoms. The van der Waals surface area contributed by atoms with Crippen LogP contribution in [0.3, 0.4) is 0 Å². The summed E-state index contributed by atoms with van der Waals surface area (Å²) in [6, 6.07) is 3.42. The van der Waals surface area contributed by atoms with Crippen LogP contribution in [0.2, 0.25) is 0 Å². The first kappa shape index (κ1) is 9.96. The molecule has 0 unspecified atom stereocenters. The molecule has 80 valence electrons. The normalized spacial score (nSPS) is 15.0. The summed E-state index contributed by atoms with van der Waals surface area (Å²) < 4.78 is 1.53. The van der Waals surface area contributed by atoms with Crippen LogP contribution in [0.5, 0.6) is 0 Å². The minimum Gasteiger partial charge on any atom is -0.349 e. The fourth-order valence-electron chi connectivity index (χ4n) is 1.74. The van der Waals surface area contributed by atoms with E-state index in [0.717, 1.165) is 5.56 Å². The van der Waals surface area contributed by atoms with Gasteiger partial charge in [-0.15, -0.1) is 0 Å². The van der Waals surface area contributed by atoms with Crippen molar-refractivity contribution in [3.8, 4) is 0 Å². The third-order valence-corrected chi connectivity index (χ3v) is 2.67. The second-order valence-electron chi connectivity index (χ2n) is 4.07. The Hall–Kier alpha value is -1.58. The summed E-state index contributed by atoms with van der Waals surface area (Å²) >= 11 is 0. The summed E-state index contributed by atoms with van der Waals surface area (Å²) in [6.45, 7) is 5.12. The molecule has 4 heteroatoms. The fraction of sp³-hybridized carbons (Fsp3) is 0.455. The van der Waals surface area contributed by atoms with E-state index >= 15 is 0 Å². The van der Waals surface area contributed by atoms with Crippen LogP contribution in [-0.4, -0.2) is 17.0 Å². The van der Waals surface area contributed by atoms with Crippen molar-refractivity contribution in [1.82, 2.24) is 9.88 Å². The lowest BCUT2D eigenvalue weighted by molar-refractivity contribution is 0.0925. The maximum atomic E-state index is 11.7. The Kier molecular flexibility index (Phi) is 2.34. The van der Waals surface area contributed by atoms with Gasteiger partial charge < -0.3 is 9.88 Å². The van der Waals surface area contributed by atoms with Crippen LogP contribution >= 0.6 is 0 Å². The van der Waals surface area contributed by atoms with Gasteiger partial charge in [-0.25, -0.2) is 0 Å². The molecule has 15 heavy (non-hydrogen) atoms. The summed E-state index contributed by atoms with van der Waals surface area (Å²) in [4.78, 5) is 23.3. The van der Waals surface area contributed by atoms with Crippen LogP contribution in [0.25, 0.3) is 0 Å². The Morgan fingerprint density at radius 2 is 2.07 bits per heavy atom. The molecule has 0 fully saturated rings. The molecule has 0 atom stereocenters. The van der Waals surface area contributed by atoms with Gasteiger partial charge in [0.2, 0.25) is 0 Å². The van der Waals surface area contributed by atoms with Crippen molar-refractivity contribution in [1.29, 1.82) is 0 Å². The summed E-state index contributed by atoms with van der Waals surface area (Å²) in [5.74, 6) is 0.110. The van der Waals surface area contributed by atoms with E-state index in [1.807, 2.05) is 13.8 Å². The Bertz CT molecular complexity index is 460. The second-order valence-corrected chi connectivity index (χ2v) is 4.07. The van der Waals surface area contributed by atoms with Crippen LogP contribution in [0.4, 0.5) is 0 Å². The van der Waals surface area contributed by atoms with Gasteiger partial charge in [-0.1, -0.05) is 13.8 Å². The van der Waals surface area contributed by atoms with E-state index in [0.29, 0.717) is 18.8 Å². The number of nitrogens with one attached hydrogen (secondary N) is 1. The van der Waals surface area contributed by atoms with Gasteiger partial charge in [0.05, 0.1) is 0 Å². The van der Waals surface area contributed by atoms with Gasteiger partial charge in [0.1, 0.15) is 5.69 Å². The van der Waals surface area contributed by atoms with Crippen LogP contribution in [0.15, 0.2) is 16.9 Å². The van der Waals surface area contributed by atoms with E-state index in [-0.39, 0.29) is 17.4 Å². The number of aromatic nitrogens is 1. The summed E-state index contributed by atoms with van der Waals surface area (Å²) in [5.41, 5.74) is 1.33. The molecule has 2 rings (SSSR count). The van der Waals surface area contributed by atoms with Crippen LogP contribution in [0, 0.1) is 0 Å². The van der Waals surface area contributed by atoms with Gasteiger partial charge in [-0.2, -0.15) is 0 Å². The number of hydrogen-bond acceptors (Lipinski definition) is 2. The van der Waals surface area contributed by atoms with E-state index < -0.39 is 0 Å². The van der Waals surface area contributed by atoms with Gasteiger partial charge in [-0.05, 0) is 17.5 Å². The number of rotatable bonds is 1. The van der Waals surface area contributed by atoms with E-state index in [2.05, 4.69) is 5.32 Å². The molecule has 0 saturated carbocycles. The van der Waals surface area contributed by atoms with Gasteiger partial charge in [0, 0.05) is 19.2 Å². The second kappa shape index (κ2) is 3.53. The highest BCUT2D eigenvalue weighted by Crippen LogP contribution is 2.14. The minimum atomic E-state index is -0.152. The van der Waals surface area contributed by atoms with Crippen LogP contribution < -0.4 is 10.9 Å². The van der Waals surface area contributed by atoms with Gasteiger partial charge in [0.15, 0.2) is 0 Å². The largest absolute Gasteiger partial charge is 0.349 e. The molecule has 0 saturated heterocycles. The molecule has 0 bridgehead atoms. The predicted molar refractivity (Wildman–Crippen MR) is 57.1 cm³/mol. The maximum absolute atomic E-state index is 11.7. The maximum Gasteiger partial charge on any atom is 0.268 e. The smallest absolute Gasteiger partial charge is 0.268 e. The first-order valence-electron chi connectivity index (χ1n) is 5.12. The van der Waals surface area contributed by atoms with E-state index in [9.17, 15) is 9.59 Å². The third kappa shape index (κ3) is 1.67. The molecule has 0 radical (unpaired) electrons. The van der Waals surface area contributed by atoms with Crippen LogP contribution in [-0.2, 0) is 6.54 Å². The van der Waals surface area contributed by atoms with Gasteiger partial charge >= 0.3 is 0 Å². The topological polar surface area (TPSA) is 51.1 Å². The Labute approximate surface area is 87.9 Å². The molecule has 1 aliphatic heterocycles. The fourth-order valence-corrected chi connectivity index (χ4v) is 1.74. The molecular formula is C11H14N2O2. The average Bonchev–Trinajstić information content (AvgIpc) is 2.19. The van der Waals surface area contributed by atoms with Crippen molar-refractivity contribution in [2.24, 2.45) is 0 Å². The van der Waals surface area contributed by atoms with Crippen LogP contribution in [0.1, 0.15) is 35.8 Å². The standard InChI is InChI=1S/C11H14N2O2/c1-7(2)8-5-9-11(15)12-3-4-13(9)10(14)6-8/h5-7H,3-4H2,1-2H3,(H,12,15). The van der Waals surface area contributed by atoms with Crippen molar-refractivity contribution < 1.29 is 4.79 Å². The molecule has 1 aromatic heterocycles. The molecule has 0 aliphatic carbocycles. The van der Waals surface area contributed by atoms with Crippen molar-refractivity contribution >= 4 is 5.91 Å². The van der Waals surface area contributed by atoms with Gasteiger partial charge in [0.25, 0.3) is 11.5 Å². The zero-order valence-corrected chi connectivity index (χ0v) is 8.91. The number of pyridine rings is 1. The molecule has 1 amide bonds. The average molecular weight is 206 g/mol. The van der Waals surface area contributed by atoms with Crippen molar-refractivity contribution in [2.75, 3.05) is 6.54 Å². The van der Waals surface area contributed by atoms with Crippen molar-refractivity contribution in [3.05, 3.63) is 33.7 Å². The third-order valence-electron chi connectivity index (χ3n) is 2.67. The van der Waals surface area contributed by atoms with Crippen molar-refractivity contribution in [3.63, 3.8) is 0 Å². The summed E-state index contributed by atoms with van der Waals surface area (Å²) in [6.07, 6.45) is 0. The number of hydrogen-bond donors (Lipinski definition) is 1. The lowest BCUT2D eigenvalue weighted by Gasteiger charge is -2.19. The van der Waals surface area contributed by atoms with E-state index in [1.165, 1.54) is 4.57 Å². The molecule has 2 heterocycles. The SMILES string of the molecule is CC(C)c1cc2n(c(=O)c1)CCNC2=O. The first-order chi connectivity index (χ1) is 7.09. The highest BCUT2D eigenvalue weighted by molar-refractivity contribution is 5.93. The zero-order chi connectivity index (χ0) is 11.0. The molecule has 1 aromatic rings. The highest BCUT2D eigenvalue weighted by Gasteiger charge is 2.18. The van der Waals surface area contributed by atoms with E-state index in [4.69, 9.17) is 0 Å². The molecule has 1 aliphatic rings. The highest BCUT2D eigenvalue weighted by atomic mass is 16.2. The Morgan fingerprint density at radius 1 is 1.33 bits per heavy atom. The molecule has 4 nitrogen and oxygen atoms in total. The minimum absolute atomic E-state index is 0.0777. The number of fused-ring (bicyclic) bond motifs is 1. The van der Waals surface area contributed by atoms with Crippen molar-refractivity contribution in [2.45, 2.75) is 26.3 Å². The number of amides is 1. The Morgan fingerprint density at radius 3 is 2.73 bits per heavy atom. The monoisotopic (exact) mass is 206 g/mol. The zero-order valence-electron chi connectivity index (χ0n) is 8.91. The number of carbonyl (C=O) groups is 1. The Balaban J connectivity index is 2.62. The molecule has 1 N–H and O–H groups in total. The first-order valence-corrected chi connectivity index (χ1v) is 5.12. The lowest BCUT2D eigenvalue weighted by atomic mass is 10.0. The lowest BCUT2D eigenvalue weighted by Crippen LogP contribution is -2.41.